The number of rotatable bonds is 3. The first-order valence-electron chi connectivity index (χ1n) is 5.89. The Morgan fingerprint density at radius 3 is 2.18 bits per heavy atom. The zero-order valence-corrected chi connectivity index (χ0v) is 12.3. The number of halogens is 1. The third-order valence-corrected chi connectivity index (χ3v) is 4.41. The zero-order chi connectivity index (χ0) is 15.9. The second kappa shape index (κ2) is 5.11. The van der Waals surface area contributed by atoms with E-state index in [-0.39, 0.29) is 11.2 Å². The van der Waals surface area contributed by atoms with Crippen molar-refractivity contribution in [3.8, 4) is 0 Å². The topological polar surface area (TPSA) is 94.1 Å². The monoisotopic (exact) mass is 332 g/mol. The zero-order valence-electron chi connectivity index (χ0n) is 10.7. The Kier molecular flexibility index (Phi) is 3.38. The van der Waals surface area contributed by atoms with Gasteiger partial charge >= 0.3 is 0 Å². The van der Waals surface area contributed by atoms with Crippen molar-refractivity contribution in [1.29, 1.82) is 0 Å². The summed E-state index contributed by atoms with van der Waals surface area (Å²) < 4.78 is 23.0. The van der Waals surface area contributed by atoms with Crippen molar-refractivity contribution in [2.75, 3.05) is 0 Å². The van der Waals surface area contributed by atoms with Gasteiger partial charge < -0.3 is 0 Å². The van der Waals surface area contributed by atoms with Gasteiger partial charge in [-0.25, -0.2) is 18.4 Å². The first-order valence-corrected chi connectivity index (χ1v) is 8.20. The molecule has 0 spiro atoms. The lowest BCUT2D eigenvalue weighted by molar-refractivity contribution is 0.559. The molecule has 108 valence electrons. The number of carbonyl (C=O) groups excluding carboxylic acids is 2. The molecule has 1 aromatic carbocycles. The molecule has 2 radical (unpaired) electrons. The second-order valence-electron chi connectivity index (χ2n) is 4.38. The molecular weight excluding hydrogens is 328 g/mol. The van der Waals surface area contributed by atoms with E-state index in [1.165, 1.54) is 18.4 Å². The molecule has 0 atom stereocenters. The van der Waals surface area contributed by atoms with Gasteiger partial charge in [0.2, 0.25) is 0 Å². The maximum atomic E-state index is 11.5. The molecule has 0 fully saturated rings. The number of benzene rings is 1. The van der Waals surface area contributed by atoms with Crippen LogP contribution in [0.3, 0.4) is 0 Å². The summed E-state index contributed by atoms with van der Waals surface area (Å²) in [6.07, 6.45) is 3.12. The van der Waals surface area contributed by atoms with Crippen molar-refractivity contribution in [2.24, 2.45) is 0 Å². The highest BCUT2D eigenvalue weighted by Crippen LogP contribution is 2.27. The van der Waals surface area contributed by atoms with Gasteiger partial charge in [0, 0.05) is 21.5 Å². The van der Waals surface area contributed by atoms with Gasteiger partial charge in [-0.05, 0) is 12.1 Å². The van der Waals surface area contributed by atoms with Crippen molar-refractivity contribution >= 4 is 54.1 Å². The fourth-order valence-corrected chi connectivity index (χ4v) is 3.05. The van der Waals surface area contributed by atoms with Gasteiger partial charge in [-0.3, -0.25) is 9.59 Å². The number of pyridine rings is 2. The molecule has 0 unspecified atom stereocenters. The summed E-state index contributed by atoms with van der Waals surface area (Å²) >= 11 is 0. The van der Waals surface area contributed by atoms with Gasteiger partial charge in [0.1, 0.15) is 16.3 Å². The van der Waals surface area contributed by atoms with Crippen LogP contribution in [0.4, 0.5) is 0 Å². The average molecular weight is 333 g/mol. The van der Waals surface area contributed by atoms with E-state index in [1.807, 2.05) is 0 Å². The maximum absolute atomic E-state index is 11.5. The molecule has 6 nitrogen and oxygen atoms in total. The van der Waals surface area contributed by atoms with Crippen LogP contribution in [0.2, 0.25) is 0 Å². The molecule has 22 heavy (non-hydrogen) atoms. The van der Waals surface area contributed by atoms with Crippen molar-refractivity contribution in [1.82, 2.24) is 9.97 Å². The van der Waals surface area contributed by atoms with E-state index in [4.69, 9.17) is 10.7 Å². The number of fused-ring (bicyclic) bond motifs is 3. The quantitative estimate of drug-likeness (QED) is 0.534. The smallest absolute Gasteiger partial charge is 0.263 e. The molecule has 0 bridgehead atoms. The Morgan fingerprint density at radius 1 is 0.909 bits per heavy atom. The standard InChI is InChI=1S/C14H5ClN2O4S/c15-22(20,21)12-5-9-2-1-8-3-4-10(6-18)16-13(8)14(9)17-11(12)7-19/h1-5H. The van der Waals surface area contributed by atoms with Crippen molar-refractivity contribution in [3.63, 3.8) is 0 Å². The third kappa shape index (κ3) is 2.34. The predicted molar refractivity (Wildman–Crippen MR) is 79.7 cm³/mol. The Balaban J connectivity index is 2.49. The van der Waals surface area contributed by atoms with Crippen LogP contribution < -0.4 is 0 Å². The first-order chi connectivity index (χ1) is 10.4. The van der Waals surface area contributed by atoms with Crippen LogP contribution in [0, 0.1) is 0 Å². The van der Waals surface area contributed by atoms with E-state index in [2.05, 4.69) is 9.97 Å². The summed E-state index contributed by atoms with van der Waals surface area (Å²) in [5.41, 5.74) is 0.273. The summed E-state index contributed by atoms with van der Waals surface area (Å²) in [6.45, 7) is 0. The van der Waals surface area contributed by atoms with Crippen molar-refractivity contribution < 1.29 is 18.0 Å². The van der Waals surface area contributed by atoms with Gasteiger partial charge in [-0.1, -0.05) is 18.2 Å². The van der Waals surface area contributed by atoms with Crippen molar-refractivity contribution in [2.45, 2.75) is 4.90 Å². The highest BCUT2D eigenvalue weighted by atomic mass is 35.7. The highest BCUT2D eigenvalue weighted by Gasteiger charge is 2.19. The summed E-state index contributed by atoms with van der Waals surface area (Å²) in [7, 11) is 1.16. The average Bonchev–Trinajstić information content (AvgIpc) is 2.51. The first kappa shape index (κ1) is 14.6. The second-order valence-corrected chi connectivity index (χ2v) is 6.92. The SMILES string of the molecule is O=[C]c1ccc2ccc3cc(S(=O)(=O)Cl)c([C]=O)nc3c2n1. The Hall–Kier alpha value is -2.38. The molecule has 0 amide bonds. The van der Waals surface area contributed by atoms with Crippen LogP contribution in [-0.4, -0.2) is 31.0 Å². The molecule has 3 aromatic rings. The molecule has 0 saturated carbocycles. The van der Waals surface area contributed by atoms with Crippen LogP contribution >= 0.6 is 10.7 Å². The summed E-state index contributed by atoms with van der Waals surface area (Å²) in [6, 6.07) is 7.68. The minimum Gasteiger partial charge on any atom is -0.283 e. The van der Waals surface area contributed by atoms with E-state index in [0.717, 1.165) is 0 Å². The number of hydrogen-bond donors (Lipinski definition) is 0. The molecule has 0 aliphatic heterocycles. The lowest BCUT2D eigenvalue weighted by Crippen LogP contribution is -2.02. The van der Waals surface area contributed by atoms with Gasteiger partial charge in [0.25, 0.3) is 21.6 Å². The molecule has 0 N–H and O–H groups in total. The van der Waals surface area contributed by atoms with E-state index in [0.29, 0.717) is 16.3 Å². The molecule has 0 saturated heterocycles. The van der Waals surface area contributed by atoms with Gasteiger partial charge in [-0.15, -0.1) is 0 Å². The van der Waals surface area contributed by atoms with Gasteiger partial charge in [0.05, 0.1) is 11.0 Å². The third-order valence-electron chi connectivity index (χ3n) is 3.07. The summed E-state index contributed by atoms with van der Waals surface area (Å²) in [5.74, 6) is 0. The fraction of sp³-hybridized carbons (Fsp3) is 0. The normalized spacial score (nSPS) is 11.7. The molecular formula is C14H5ClN2O4S. The number of aromatic nitrogens is 2. The van der Waals surface area contributed by atoms with E-state index in [9.17, 15) is 18.0 Å². The molecule has 2 heterocycles. The Labute approximate surface area is 129 Å². The van der Waals surface area contributed by atoms with Gasteiger partial charge in [-0.2, -0.15) is 0 Å². The van der Waals surface area contributed by atoms with Crippen LogP contribution in [0.25, 0.3) is 21.8 Å². The Morgan fingerprint density at radius 2 is 1.55 bits per heavy atom. The Bertz CT molecular complexity index is 1050. The molecule has 2 aromatic heterocycles. The lowest BCUT2D eigenvalue weighted by Gasteiger charge is -2.06. The van der Waals surface area contributed by atoms with Crippen molar-refractivity contribution in [3.05, 3.63) is 41.7 Å². The maximum Gasteiger partial charge on any atom is 0.263 e. The molecule has 3 rings (SSSR count). The van der Waals surface area contributed by atoms with Gasteiger partial charge in [0.15, 0.2) is 0 Å². The number of hydrogen-bond acceptors (Lipinski definition) is 6. The minimum absolute atomic E-state index is 0.0764. The fourth-order valence-electron chi connectivity index (χ4n) is 2.12. The van der Waals surface area contributed by atoms with Crippen LogP contribution in [-0.2, 0) is 18.6 Å². The van der Waals surface area contributed by atoms with Crippen LogP contribution in [0.15, 0.2) is 35.2 Å². The minimum atomic E-state index is -4.14. The van der Waals surface area contributed by atoms with E-state index in [1.54, 1.807) is 24.5 Å². The molecule has 0 aliphatic rings. The lowest BCUT2D eigenvalue weighted by atomic mass is 10.1. The van der Waals surface area contributed by atoms with E-state index >= 15 is 0 Å². The summed E-state index contributed by atoms with van der Waals surface area (Å²) in [5, 5.41) is 1.10. The molecule has 0 aliphatic carbocycles. The van der Waals surface area contributed by atoms with Crippen LogP contribution in [0.5, 0.6) is 0 Å². The molecule has 8 heteroatoms. The largest absolute Gasteiger partial charge is 0.283 e. The number of nitrogens with zero attached hydrogens (tertiary/aromatic N) is 2. The van der Waals surface area contributed by atoms with E-state index < -0.39 is 19.6 Å². The predicted octanol–water partition coefficient (Wildman–Crippen LogP) is 1.63. The summed E-state index contributed by atoms with van der Waals surface area (Å²) in [4.78, 5) is 29.4. The van der Waals surface area contributed by atoms with Crippen LogP contribution in [0.1, 0.15) is 11.4 Å². The highest BCUT2D eigenvalue weighted by molar-refractivity contribution is 8.13.